The summed E-state index contributed by atoms with van der Waals surface area (Å²) in [6.07, 6.45) is 5.50. The summed E-state index contributed by atoms with van der Waals surface area (Å²) in [6.45, 7) is 8.55. The maximum absolute atomic E-state index is 10.2. The Morgan fingerprint density at radius 1 is 0.938 bits per heavy atom. The van der Waals surface area contributed by atoms with E-state index in [4.69, 9.17) is 11.6 Å². The van der Waals surface area contributed by atoms with Crippen molar-refractivity contribution in [3.05, 3.63) is 0 Å². The molecule has 0 atom stereocenters. The van der Waals surface area contributed by atoms with Crippen molar-refractivity contribution >= 4 is 21.7 Å². The highest BCUT2D eigenvalue weighted by Gasteiger charge is 1.96. The van der Waals surface area contributed by atoms with Crippen molar-refractivity contribution < 1.29 is 12.6 Å². The molecule has 5 heteroatoms. The Kier molecular flexibility index (Phi) is 23.6. The lowest BCUT2D eigenvalue weighted by Crippen LogP contribution is -2.02. The molecule has 0 N–H and O–H groups in total. The van der Waals surface area contributed by atoms with Crippen molar-refractivity contribution in [3.63, 3.8) is 0 Å². The van der Waals surface area contributed by atoms with Gasteiger partial charge < -0.3 is 0 Å². The minimum absolute atomic E-state index is 0.291. The summed E-state index contributed by atoms with van der Waals surface area (Å²) in [7, 11) is -3.19. The molecule has 3 nitrogen and oxygen atoms in total. The van der Waals surface area contributed by atoms with Gasteiger partial charge in [-0.3, -0.25) is 4.18 Å². The van der Waals surface area contributed by atoms with Gasteiger partial charge in [-0.15, -0.1) is 11.6 Å². The number of halogens is 1. The summed E-state index contributed by atoms with van der Waals surface area (Å²) < 4.78 is 24.7. The third-order valence-electron chi connectivity index (χ3n) is 1.19. The number of unbranched alkanes of at least 4 members (excludes halogenated alkanes) is 1. The van der Waals surface area contributed by atoms with Crippen molar-refractivity contribution in [2.45, 2.75) is 53.4 Å². The summed E-state index contributed by atoms with van der Waals surface area (Å²) in [6, 6.07) is 0. The van der Waals surface area contributed by atoms with Gasteiger partial charge in [-0.25, -0.2) is 0 Å². The van der Waals surface area contributed by atoms with E-state index in [2.05, 4.69) is 18.0 Å². The average Bonchev–Trinajstić information content (AvgIpc) is 2.26. The Morgan fingerprint density at radius 3 is 1.38 bits per heavy atom. The van der Waals surface area contributed by atoms with Crippen LogP contribution in [0.5, 0.6) is 0 Å². The minimum atomic E-state index is -3.19. The molecule has 0 saturated heterocycles. The largest absolute Gasteiger partial charge is 0.270 e. The van der Waals surface area contributed by atoms with Crippen LogP contribution >= 0.6 is 11.6 Å². The molecule has 0 spiro atoms. The van der Waals surface area contributed by atoms with Gasteiger partial charge in [0.1, 0.15) is 0 Å². The van der Waals surface area contributed by atoms with Gasteiger partial charge in [-0.1, -0.05) is 40.5 Å². The fourth-order valence-corrected chi connectivity index (χ4v) is 0.704. The van der Waals surface area contributed by atoms with Gasteiger partial charge in [0.15, 0.2) is 0 Å². The first-order chi connectivity index (χ1) is 7.39. The highest BCUT2D eigenvalue weighted by molar-refractivity contribution is 7.85. The minimum Gasteiger partial charge on any atom is -0.270 e. The molecule has 0 bridgehead atoms. The lowest BCUT2D eigenvalue weighted by Gasteiger charge is -1.94. The Morgan fingerprint density at radius 2 is 1.31 bits per heavy atom. The molecule has 0 aliphatic heterocycles. The van der Waals surface area contributed by atoms with Crippen LogP contribution in [-0.4, -0.2) is 27.2 Å². The van der Waals surface area contributed by atoms with Gasteiger partial charge in [-0.2, -0.15) is 8.42 Å². The first kappa shape index (κ1) is 21.5. The van der Waals surface area contributed by atoms with E-state index in [0.717, 1.165) is 25.0 Å². The van der Waals surface area contributed by atoms with Crippen molar-refractivity contribution in [1.82, 2.24) is 0 Å². The highest BCUT2D eigenvalue weighted by Crippen LogP contribution is 1.87. The standard InChI is InChI=1S/C4H10O3S.C4H10.C3H7Cl/c1-3-4-7-8(2,5)6;1-3-4-2;1-2-3-4/h3-4H2,1-2H3;3-4H2,1-2H3;2-3H2,1H3. The zero-order valence-corrected chi connectivity index (χ0v) is 12.8. The molecular formula is C11H27ClO3S. The molecule has 0 saturated carbocycles. The lowest BCUT2D eigenvalue weighted by atomic mass is 10.4. The fourth-order valence-electron chi connectivity index (χ4n) is 0.235. The second-order valence-electron chi connectivity index (χ2n) is 3.22. The molecule has 102 valence electrons. The summed E-state index contributed by atoms with van der Waals surface area (Å²) in [5, 5.41) is 0. The summed E-state index contributed by atoms with van der Waals surface area (Å²) in [5.41, 5.74) is 0. The molecule has 0 aromatic heterocycles. The van der Waals surface area contributed by atoms with E-state index < -0.39 is 10.1 Å². The molecule has 0 aromatic rings. The molecule has 0 radical (unpaired) electrons. The van der Waals surface area contributed by atoms with Gasteiger partial charge in [-0.05, 0) is 12.8 Å². The first-order valence-corrected chi connectivity index (χ1v) is 8.14. The van der Waals surface area contributed by atoms with Crippen LogP contribution < -0.4 is 0 Å². The molecule has 0 aromatic carbocycles. The zero-order chi connectivity index (χ0) is 13.4. The number of hydrogen-bond acceptors (Lipinski definition) is 3. The zero-order valence-electron chi connectivity index (χ0n) is 11.3. The third-order valence-corrected chi connectivity index (χ3v) is 2.16. The quantitative estimate of drug-likeness (QED) is 0.565. The molecular weight excluding hydrogens is 248 g/mol. The molecule has 0 aliphatic carbocycles. The topological polar surface area (TPSA) is 43.4 Å². The molecule has 0 heterocycles. The summed E-state index contributed by atoms with van der Waals surface area (Å²) in [5.74, 6) is 0.792. The molecule has 0 fully saturated rings. The lowest BCUT2D eigenvalue weighted by molar-refractivity contribution is 0.322. The van der Waals surface area contributed by atoms with Crippen LogP contribution in [0, 0.1) is 0 Å². The van der Waals surface area contributed by atoms with Crippen molar-refractivity contribution in [3.8, 4) is 0 Å². The van der Waals surface area contributed by atoms with E-state index in [1.165, 1.54) is 12.8 Å². The predicted molar refractivity (Wildman–Crippen MR) is 72.7 cm³/mol. The molecule has 0 aliphatic rings. The summed E-state index contributed by atoms with van der Waals surface area (Å²) in [4.78, 5) is 0. The maximum Gasteiger partial charge on any atom is 0.264 e. The molecule has 0 unspecified atom stereocenters. The maximum atomic E-state index is 10.2. The van der Waals surface area contributed by atoms with Gasteiger partial charge in [0.25, 0.3) is 10.1 Å². The van der Waals surface area contributed by atoms with Crippen LogP contribution in [0.1, 0.15) is 53.4 Å². The molecule has 0 rings (SSSR count). The van der Waals surface area contributed by atoms with Crippen LogP contribution in [-0.2, 0) is 14.3 Å². The van der Waals surface area contributed by atoms with Crippen LogP contribution in [0.15, 0.2) is 0 Å². The van der Waals surface area contributed by atoms with E-state index in [9.17, 15) is 8.42 Å². The molecule has 0 amide bonds. The van der Waals surface area contributed by atoms with Crippen molar-refractivity contribution in [2.24, 2.45) is 0 Å². The third kappa shape index (κ3) is 47.7. The predicted octanol–water partition coefficient (Wildman–Crippen LogP) is 3.81. The van der Waals surface area contributed by atoms with Gasteiger partial charge >= 0.3 is 0 Å². The second kappa shape index (κ2) is 17.6. The van der Waals surface area contributed by atoms with Crippen LogP contribution in [0.4, 0.5) is 0 Å². The highest BCUT2D eigenvalue weighted by atomic mass is 35.5. The van der Waals surface area contributed by atoms with Crippen molar-refractivity contribution in [2.75, 3.05) is 18.7 Å². The van der Waals surface area contributed by atoms with E-state index in [1.54, 1.807) is 0 Å². The average molecular weight is 275 g/mol. The van der Waals surface area contributed by atoms with Gasteiger partial charge in [0.2, 0.25) is 0 Å². The van der Waals surface area contributed by atoms with E-state index in [-0.39, 0.29) is 0 Å². The Hall–Kier alpha value is 0.200. The van der Waals surface area contributed by atoms with Crippen LogP contribution in [0.25, 0.3) is 0 Å². The van der Waals surface area contributed by atoms with E-state index in [1.807, 2.05) is 13.8 Å². The second-order valence-corrected chi connectivity index (χ2v) is 5.24. The number of rotatable bonds is 5. The summed E-state index contributed by atoms with van der Waals surface area (Å²) >= 11 is 5.19. The first-order valence-electron chi connectivity index (χ1n) is 5.79. The fraction of sp³-hybridized carbons (Fsp3) is 1.00. The normalized spacial score (nSPS) is 9.62. The van der Waals surface area contributed by atoms with E-state index >= 15 is 0 Å². The Bertz CT molecular complexity index is 183. The molecule has 16 heavy (non-hydrogen) atoms. The van der Waals surface area contributed by atoms with Crippen LogP contribution in [0.2, 0.25) is 0 Å². The number of alkyl halides is 1. The Balaban J connectivity index is -0.000000179. The SMILES string of the molecule is CCCC.CCCCl.CCCOS(C)(=O)=O. The van der Waals surface area contributed by atoms with Gasteiger partial charge in [0.05, 0.1) is 12.9 Å². The smallest absolute Gasteiger partial charge is 0.264 e. The van der Waals surface area contributed by atoms with Crippen molar-refractivity contribution in [1.29, 1.82) is 0 Å². The monoisotopic (exact) mass is 274 g/mol. The number of hydrogen-bond donors (Lipinski definition) is 0. The van der Waals surface area contributed by atoms with E-state index in [0.29, 0.717) is 6.61 Å². The van der Waals surface area contributed by atoms with Gasteiger partial charge in [0, 0.05) is 5.88 Å². The van der Waals surface area contributed by atoms with Crippen LogP contribution in [0.3, 0.4) is 0 Å². The Labute approximate surface area is 107 Å².